The number of carbonyl (C=O) groups is 3. The van der Waals surface area contributed by atoms with E-state index >= 15 is 0 Å². The van der Waals surface area contributed by atoms with Crippen LogP contribution in [0, 0.1) is 0 Å². The van der Waals surface area contributed by atoms with Gasteiger partial charge in [0.15, 0.2) is 0 Å². The molecule has 180 valence electrons. The number of amides is 2. The molecule has 1 fully saturated rings. The molecule has 1 aliphatic heterocycles. The highest BCUT2D eigenvalue weighted by atomic mass is 16.5. The van der Waals surface area contributed by atoms with Crippen LogP contribution in [-0.4, -0.2) is 65.9 Å². The number of alkyl carbamates (subject to hydrolysis) is 1. The monoisotopic (exact) mass is 466 g/mol. The topological polar surface area (TPSA) is 105 Å². The Kier molecular flexibility index (Phi) is 6.61. The highest BCUT2D eigenvalue weighted by molar-refractivity contribution is 5.85. The quantitative estimate of drug-likeness (QED) is 0.648. The Bertz CT molecular complexity index is 1050. The van der Waals surface area contributed by atoms with E-state index in [1.807, 2.05) is 36.4 Å². The Balaban J connectivity index is 1.37. The number of hydrogen-bond acceptors (Lipinski definition) is 5. The molecule has 1 heterocycles. The lowest BCUT2D eigenvalue weighted by Gasteiger charge is -2.29. The Morgan fingerprint density at radius 3 is 2.21 bits per heavy atom. The summed E-state index contributed by atoms with van der Waals surface area (Å²) in [5.41, 5.74) is 3.60. The fourth-order valence-corrected chi connectivity index (χ4v) is 4.91. The average Bonchev–Trinajstić information content (AvgIpc) is 3.37. The lowest BCUT2D eigenvalue weighted by Crippen LogP contribution is -2.49. The van der Waals surface area contributed by atoms with Crippen LogP contribution < -0.4 is 5.32 Å². The summed E-state index contributed by atoms with van der Waals surface area (Å²) < 4.78 is 10.8. The van der Waals surface area contributed by atoms with E-state index in [2.05, 4.69) is 17.4 Å². The number of nitrogens with one attached hydrogen (secondary N) is 1. The van der Waals surface area contributed by atoms with Gasteiger partial charge in [0.1, 0.15) is 12.6 Å². The second-order valence-electron chi connectivity index (χ2n) is 9.50. The molecule has 2 N–H and O–H groups in total. The summed E-state index contributed by atoms with van der Waals surface area (Å²) in [6.45, 7) is 3.82. The second kappa shape index (κ2) is 9.46. The molecule has 0 spiro atoms. The minimum Gasteiger partial charge on any atom is -0.480 e. The number of fused-ring (bicyclic) bond motifs is 3. The second-order valence-corrected chi connectivity index (χ2v) is 9.50. The fourth-order valence-electron chi connectivity index (χ4n) is 4.91. The zero-order chi connectivity index (χ0) is 24.5. The Labute approximate surface area is 198 Å². The largest absolute Gasteiger partial charge is 0.480 e. The van der Waals surface area contributed by atoms with Gasteiger partial charge in [-0.2, -0.15) is 0 Å². The van der Waals surface area contributed by atoms with Gasteiger partial charge >= 0.3 is 12.1 Å². The van der Waals surface area contributed by atoms with Gasteiger partial charge in [0.25, 0.3) is 0 Å². The van der Waals surface area contributed by atoms with Crippen LogP contribution in [0.15, 0.2) is 48.5 Å². The molecule has 1 saturated heterocycles. The van der Waals surface area contributed by atoms with Crippen molar-refractivity contribution in [3.05, 3.63) is 59.7 Å². The van der Waals surface area contributed by atoms with E-state index in [1.54, 1.807) is 13.8 Å². The maximum Gasteiger partial charge on any atom is 0.407 e. The molecule has 0 saturated carbocycles. The number of nitrogens with zero attached hydrogens (tertiary/aromatic N) is 1. The summed E-state index contributed by atoms with van der Waals surface area (Å²) in [5.74, 6) is -1.47. The van der Waals surface area contributed by atoms with Crippen LogP contribution in [0.4, 0.5) is 4.79 Å². The fraction of sp³-hybridized carbons (Fsp3) is 0.423. The maximum absolute atomic E-state index is 12.9. The van der Waals surface area contributed by atoms with Crippen LogP contribution in [0.1, 0.15) is 43.7 Å². The maximum atomic E-state index is 12.9. The third-order valence-corrected chi connectivity index (χ3v) is 6.58. The number of aliphatic carboxylic acids is 1. The van der Waals surface area contributed by atoms with E-state index in [1.165, 1.54) is 12.0 Å². The first-order valence-corrected chi connectivity index (χ1v) is 11.4. The van der Waals surface area contributed by atoms with E-state index in [0.29, 0.717) is 0 Å². The number of carboxylic acid groups (broad SMARTS) is 1. The molecular formula is C26H30N2O6. The van der Waals surface area contributed by atoms with Crippen LogP contribution >= 0.6 is 0 Å². The molecule has 34 heavy (non-hydrogen) atoms. The SMILES string of the molecule is COC1CC(C(=O)O)N(C(=O)CC(C)(C)NC(=O)OCC2c3ccccc3-c3ccccc32)C1. The lowest BCUT2D eigenvalue weighted by atomic mass is 9.98. The standard InChI is InChI=1S/C26H30N2O6/c1-26(2,13-23(29)28-14-16(33-3)12-22(28)24(30)31)27-25(32)34-15-21-19-10-6-4-8-17(19)18-9-5-7-11-20(18)21/h4-11,16,21-22H,12-15H2,1-3H3,(H,27,32)(H,30,31). The first-order chi connectivity index (χ1) is 16.2. The molecule has 0 radical (unpaired) electrons. The lowest BCUT2D eigenvalue weighted by molar-refractivity contribution is -0.148. The van der Waals surface area contributed by atoms with E-state index in [9.17, 15) is 19.5 Å². The molecule has 2 aliphatic rings. The molecule has 4 rings (SSSR count). The van der Waals surface area contributed by atoms with Crippen molar-refractivity contribution in [1.82, 2.24) is 10.2 Å². The smallest absolute Gasteiger partial charge is 0.407 e. The highest BCUT2D eigenvalue weighted by Gasteiger charge is 2.41. The third kappa shape index (κ3) is 4.77. The number of carboxylic acids is 1. The van der Waals surface area contributed by atoms with Crippen molar-refractivity contribution in [3.8, 4) is 11.1 Å². The molecule has 2 amide bonds. The summed E-state index contributed by atoms with van der Waals surface area (Å²) in [4.78, 5) is 38.4. The summed E-state index contributed by atoms with van der Waals surface area (Å²) in [6.07, 6.45) is -0.747. The summed E-state index contributed by atoms with van der Waals surface area (Å²) in [7, 11) is 1.50. The number of hydrogen-bond donors (Lipinski definition) is 2. The van der Waals surface area contributed by atoms with Crippen LogP contribution in [0.25, 0.3) is 11.1 Å². The number of benzene rings is 2. The highest BCUT2D eigenvalue weighted by Crippen LogP contribution is 2.44. The van der Waals surface area contributed by atoms with Crippen molar-refractivity contribution in [3.63, 3.8) is 0 Å². The Hall–Kier alpha value is -3.39. The number of methoxy groups -OCH3 is 1. The molecule has 2 aromatic carbocycles. The van der Waals surface area contributed by atoms with Gasteiger partial charge in [-0.15, -0.1) is 0 Å². The van der Waals surface area contributed by atoms with Gasteiger partial charge < -0.3 is 24.8 Å². The Morgan fingerprint density at radius 2 is 1.65 bits per heavy atom. The number of ether oxygens (including phenoxy) is 2. The van der Waals surface area contributed by atoms with Gasteiger partial charge in [0, 0.05) is 38.0 Å². The van der Waals surface area contributed by atoms with E-state index in [0.717, 1.165) is 22.3 Å². The molecular weight excluding hydrogens is 436 g/mol. The summed E-state index contributed by atoms with van der Waals surface area (Å²) in [5, 5.41) is 12.2. The molecule has 1 aliphatic carbocycles. The molecule has 8 heteroatoms. The first-order valence-electron chi connectivity index (χ1n) is 11.4. The van der Waals surface area contributed by atoms with Gasteiger partial charge in [-0.25, -0.2) is 9.59 Å². The van der Waals surface area contributed by atoms with E-state index in [-0.39, 0.29) is 43.9 Å². The van der Waals surface area contributed by atoms with Gasteiger partial charge in [0.2, 0.25) is 5.91 Å². The zero-order valence-electron chi connectivity index (χ0n) is 19.6. The van der Waals surface area contributed by atoms with Gasteiger partial charge in [0.05, 0.1) is 6.10 Å². The molecule has 2 atom stereocenters. The predicted octanol–water partition coefficient (Wildman–Crippen LogP) is 3.39. The van der Waals surface area contributed by atoms with Crippen LogP contribution in [0.3, 0.4) is 0 Å². The van der Waals surface area contributed by atoms with Crippen molar-refractivity contribution < 1.29 is 29.0 Å². The van der Waals surface area contributed by atoms with Gasteiger partial charge in [-0.05, 0) is 36.1 Å². The molecule has 0 bridgehead atoms. The van der Waals surface area contributed by atoms with E-state index in [4.69, 9.17) is 9.47 Å². The van der Waals surface area contributed by atoms with Crippen molar-refractivity contribution >= 4 is 18.0 Å². The third-order valence-electron chi connectivity index (χ3n) is 6.58. The number of carbonyl (C=O) groups excluding carboxylic acids is 2. The van der Waals surface area contributed by atoms with Crippen molar-refractivity contribution in [2.45, 2.75) is 50.3 Å². The van der Waals surface area contributed by atoms with Gasteiger partial charge in [-0.1, -0.05) is 48.5 Å². The molecule has 0 aromatic heterocycles. The molecule has 2 aromatic rings. The number of likely N-dealkylation sites (tertiary alicyclic amines) is 1. The van der Waals surface area contributed by atoms with Crippen LogP contribution in [0.5, 0.6) is 0 Å². The Morgan fingerprint density at radius 1 is 1.06 bits per heavy atom. The summed E-state index contributed by atoms with van der Waals surface area (Å²) >= 11 is 0. The average molecular weight is 467 g/mol. The van der Waals surface area contributed by atoms with Gasteiger partial charge in [-0.3, -0.25) is 4.79 Å². The van der Waals surface area contributed by atoms with Crippen LogP contribution in [0.2, 0.25) is 0 Å². The molecule has 8 nitrogen and oxygen atoms in total. The van der Waals surface area contributed by atoms with E-state index < -0.39 is 23.6 Å². The van der Waals surface area contributed by atoms with Crippen molar-refractivity contribution in [2.24, 2.45) is 0 Å². The predicted molar refractivity (Wildman–Crippen MR) is 125 cm³/mol. The minimum absolute atomic E-state index is 0.0581. The molecule has 2 unspecified atom stereocenters. The van der Waals surface area contributed by atoms with Crippen LogP contribution in [-0.2, 0) is 19.1 Å². The van der Waals surface area contributed by atoms with Crippen molar-refractivity contribution in [1.29, 1.82) is 0 Å². The zero-order valence-corrected chi connectivity index (χ0v) is 19.6. The normalized spacial score (nSPS) is 19.4. The first kappa shape index (κ1) is 23.8. The number of rotatable bonds is 7. The van der Waals surface area contributed by atoms with Crippen molar-refractivity contribution in [2.75, 3.05) is 20.3 Å². The minimum atomic E-state index is -1.06. The summed E-state index contributed by atoms with van der Waals surface area (Å²) in [6, 6.07) is 15.2.